The minimum absolute atomic E-state index is 0.00480. The fraction of sp³-hybridized carbons (Fsp3) is 0.433. The number of aromatic nitrogens is 2. The van der Waals surface area contributed by atoms with E-state index in [4.69, 9.17) is 9.63 Å². The number of nitrogens with one attached hydrogen (secondary N) is 2. The van der Waals surface area contributed by atoms with E-state index in [-0.39, 0.29) is 18.5 Å². The van der Waals surface area contributed by atoms with Crippen LogP contribution in [-0.2, 0) is 30.0 Å². The molecule has 0 spiro atoms. The van der Waals surface area contributed by atoms with Gasteiger partial charge in [0, 0.05) is 60.2 Å². The Balaban J connectivity index is 0.00000135. The van der Waals surface area contributed by atoms with E-state index in [1.165, 1.54) is 0 Å². The number of aliphatic hydroxyl groups is 1. The van der Waals surface area contributed by atoms with E-state index in [0.717, 1.165) is 55.0 Å². The molecule has 1 aromatic heterocycles. The van der Waals surface area contributed by atoms with Gasteiger partial charge in [0.1, 0.15) is 11.4 Å². The first-order valence-electron chi connectivity index (χ1n) is 14.3. The van der Waals surface area contributed by atoms with Gasteiger partial charge in [0.2, 0.25) is 5.95 Å². The van der Waals surface area contributed by atoms with E-state index < -0.39 is 17.6 Å². The van der Waals surface area contributed by atoms with Gasteiger partial charge >= 0.3 is 6.18 Å². The van der Waals surface area contributed by atoms with Crippen LogP contribution in [0.15, 0.2) is 42.6 Å². The van der Waals surface area contributed by atoms with Crippen molar-refractivity contribution in [3.8, 4) is 0 Å². The Morgan fingerprint density at radius 1 is 1.07 bits per heavy atom. The van der Waals surface area contributed by atoms with Crippen LogP contribution in [-0.4, -0.2) is 64.1 Å². The molecule has 232 valence electrons. The molecular weight excluding hydrogens is 580 g/mol. The molecule has 5 rings (SSSR count). The van der Waals surface area contributed by atoms with Gasteiger partial charge in [0.05, 0.1) is 11.3 Å². The summed E-state index contributed by atoms with van der Waals surface area (Å²) in [5.74, 6) is -0.645. The molecule has 3 N–H and O–H groups in total. The molecule has 2 aliphatic heterocycles. The number of aliphatic hydroxyl groups excluding tert-OH is 1. The Bertz CT molecular complexity index is 1380. The number of halogens is 3. The summed E-state index contributed by atoms with van der Waals surface area (Å²) in [6, 6.07) is 11.1. The number of carbonyl (C=O) groups is 1. The van der Waals surface area contributed by atoms with Gasteiger partial charge in [-0.3, -0.25) is 9.69 Å². The zero-order valence-electron chi connectivity index (χ0n) is 24.6. The van der Waals surface area contributed by atoms with Crippen LogP contribution >= 0.6 is 8.81 Å². The maximum Gasteiger partial charge on any atom is 0.421 e. The van der Waals surface area contributed by atoms with Crippen molar-refractivity contribution < 1.29 is 27.6 Å². The van der Waals surface area contributed by atoms with Crippen molar-refractivity contribution in [2.45, 2.75) is 52.1 Å². The average molecular weight is 619 g/mol. The van der Waals surface area contributed by atoms with Gasteiger partial charge < -0.3 is 25.2 Å². The summed E-state index contributed by atoms with van der Waals surface area (Å²) in [4.78, 5) is 25.1. The summed E-state index contributed by atoms with van der Waals surface area (Å²) < 4.78 is 47.3. The molecule has 1 unspecified atom stereocenters. The summed E-state index contributed by atoms with van der Waals surface area (Å²) in [6.45, 7) is 7.67. The standard InChI is InChI=1S/C28H32F3N6O2P.C2H6O/c1-3-39-40-17-18-6-9-20(10-7-18)33-27-32-14-22(28(29,30)31)25(35-27)34-23-11-8-19(15-37-12-4-5-13-37)21-16-36(2)26(38)24(21)23;1-2-3/h6-11,14,40H,3-5,12-13,15-17H2,1-2H3,(H2,32,33,34,35);3H,2H2,1H3. The number of hydrogen-bond donors (Lipinski definition) is 3. The topological polar surface area (TPSA) is 103 Å². The van der Waals surface area contributed by atoms with Gasteiger partial charge in [0.15, 0.2) is 0 Å². The van der Waals surface area contributed by atoms with Crippen LogP contribution < -0.4 is 10.6 Å². The number of carbonyl (C=O) groups excluding carboxylic acids is 1. The maximum atomic E-state index is 14.0. The highest BCUT2D eigenvalue weighted by atomic mass is 31.1. The molecule has 13 heteroatoms. The van der Waals surface area contributed by atoms with E-state index in [2.05, 4.69) is 25.5 Å². The van der Waals surface area contributed by atoms with E-state index in [9.17, 15) is 18.0 Å². The molecule has 43 heavy (non-hydrogen) atoms. The SMILES string of the molecule is CCO.CCOPCc1ccc(Nc2ncc(C(F)(F)F)c(Nc3ccc(CN4CCCC4)c4c3C(=O)N(C)C4)n2)cc1. The highest BCUT2D eigenvalue weighted by molar-refractivity contribution is 7.31. The largest absolute Gasteiger partial charge is 0.421 e. The van der Waals surface area contributed by atoms with Crippen LogP contribution in [0.1, 0.15) is 59.3 Å². The minimum Gasteiger partial charge on any atom is -0.397 e. The Morgan fingerprint density at radius 3 is 2.42 bits per heavy atom. The smallest absolute Gasteiger partial charge is 0.397 e. The van der Waals surface area contributed by atoms with Gasteiger partial charge in [-0.1, -0.05) is 18.2 Å². The second-order valence-corrected chi connectivity index (χ2v) is 11.2. The molecule has 0 aliphatic carbocycles. The molecule has 2 aromatic carbocycles. The third kappa shape index (κ3) is 8.41. The average Bonchev–Trinajstić information content (AvgIpc) is 3.59. The monoisotopic (exact) mass is 618 g/mol. The Morgan fingerprint density at radius 2 is 1.77 bits per heavy atom. The van der Waals surface area contributed by atoms with Gasteiger partial charge in [0.25, 0.3) is 5.91 Å². The third-order valence-corrected chi connectivity index (χ3v) is 8.08. The van der Waals surface area contributed by atoms with Gasteiger partial charge in [-0.2, -0.15) is 18.2 Å². The van der Waals surface area contributed by atoms with E-state index in [0.29, 0.717) is 45.4 Å². The van der Waals surface area contributed by atoms with E-state index in [1.54, 1.807) is 24.9 Å². The van der Waals surface area contributed by atoms with Crippen LogP contribution in [0, 0.1) is 0 Å². The maximum absolute atomic E-state index is 14.0. The van der Waals surface area contributed by atoms with Crippen molar-refractivity contribution in [1.29, 1.82) is 0 Å². The number of amides is 1. The van der Waals surface area contributed by atoms with Crippen molar-refractivity contribution >= 4 is 37.9 Å². The second-order valence-electron chi connectivity index (χ2n) is 10.2. The summed E-state index contributed by atoms with van der Waals surface area (Å²) in [6.07, 6.45) is -0.866. The first-order chi connectivity index (χ1) is 20.6. The number of rotatable bonds is 10. The van der Waals surface area contributed by atoms with Gasteiger partial charge in [-0.15, -0.1) is 0 Å². The second kappa shape index (κ2) is 14.9. The lowest BCUT2D eigenvalue weighted by Gasteiger charge is -2.19. The number of likely N-dealkylation sites (tertiary alicyclic amines) is 1. The lowest BCUT2D eigenvalue weighted by Crippen LogP contribution is -2.19. The molecule has 9 nitrogen and oxygen atoms in total. The van der Waals surface area contributed by atoms with E-state index >= 15 is 0 Å². The zero-order valence-corrected chi connectivity index (χ0v) is 25.6. The molecular formula is C30H38F3N6O3P. The quantitative estimate of drug-likeness (QED) is 0.180. The van der Waals surface area contributed by atoms with Crippen LogP contribution in [0.25, 0.3) is 0 Å². The fourth-order valence-electron chi connectivity index (χ4n) is 4.99. The normalized spacial score (nSPS) is 15.1. The van der Waals surface area contributed by atoms with Crippen molar-refractivity contribution in [2.24, 2.45) is 0 Å². The number of alkyl halides is 3. The van der Waals surface area contributed by atoms with E-state index in [1.807, 2.05) is 37.3 Å². The number of hydrogen-bond acceptors (Lipinski definition) is 8. The first kappa shape index (κ1) is 32.6. The minimum atomic E-state index is -4.69. The molecule has 2 aliphatic rings. The van der Waals surface area contributed by atoms with Gasteiger partial charge in [-0.05, 0) is 74.7 Å². The van der Waals surface area contributed by atoms with Crippen molar-refractivity contribution in [3.63, 3.8) is 0 Å². The molecule has 1 amide bonds. The molecule has 0 saturated carbocycles. The van der Waals surface area contributed by atoms with Crippen LogP contribution in [0.3, 0.4) is 0 Å². The Hall–Kier alpha value is -3.31. The zero-order chi connectivity index (χ0) is 31.0. The highest BCUT2D eigenvalue weighted by Crippen LogP contribution is 2.38. The number of nitrogens with zero attached hydrogens (tertiary/aromatic N) is 4. The molecule has 1 atom stereocenters. The van der Waals surface area contributed by atoms with Crippen molar-refractivity contribution in [3.05, 3.63) is 70.4 Å². The number of fused-ring (bicyclic) bond motifs is 1. The summed E-state index contributed by atoms with van der Waals surface area (Å²) >= 11 is 0. The lowest BCUT2D eigenvalue weighted by atomic mass is 10.0. The Labute approximate surface area is 251 Å². The molecule has 1 saturated heterocycles. The predicted molar refractivity (Wildman–Crippen MR) is 163 cm³/mol. The number of benzene rings is 2. The van der Waals surface area contributed by atoms with Crippen LogP contribution in [0.4, 0.5) is 36.3 Å². The van der Waals surface area contributed by atoms with Gasteiger partial charge in [-0.25, -0.2) is 4.98 Å². The summed E-state index contributed by atoms with van der Waals surface area (Å²) in [5.41, 5.74) is 3.26. The molecule has 0 radical (unpaired) electrons. The predicted octanol–water partition coefficient (Wildman–Crippen LogP) is 6.29. The van der Waals surface area contributed by atoms with Crippen LogP contribution in [0.2, 0.25) is 0 Å². The third-order valence-electron chi connectivity index (χ3n) is 7.04. The molecule has 1 fully saturated rings. The molecule has 3 aromatic rings. The molecule has 0 bridgehead atoms. The fourth-order valence-corrected chi connectivity index (χ4v) is 5.70. The van der Waals surface area contributed by atoms with Crippen LogP contribution in [0.5, 0.6) is 0 Å². The lowest BCUT2D eigenvalue weighted by molar-refractivity contribution is -0.137. The molecule has 3 heterocycles. The summed E-state index contributed by atoms with van der Waals surface area (Å²) in [5, 5.41) is 13.4. The number of anilines is 4. The summed E-state index contributed by atoms with van der Waals surface area (Å²) in [7, 11) is 2.06. The highest BCUT2D eigenvalue weighted by Gasteiger charge is 2.37. The first-order valence-corrected chi connectivity index (χ1v) is 15.4. The van der Waals surface area contributed by atoms with Crippen molar-refractivity contribution in [2.75, 3.05) is 44.0 Å². The Kier molecular flexibility index (Phi) is 11.3. The van der Waals surface area contributed by atoms with Crippen molar-refractivity contribution in [1.82, 2.24) is 19.8 Å².